The van der Waals surface area contributed by atoms with Crippen LogP contribution in [0.15, 0.2) is 0 Å². The molecule has 1 saturated heterocycles. The molecule has 0 bridgehead atoms. The number of carbonyl (C=O) groups excluding carboxylic acids is 1. The maximum absolute atomic E-state index is 11.7. The minimum Gasteiger partial charge on any atom is -0.381 e. The number of amides is 1. The lowest BCUT2D eigenvalue weighted by atomic mass is 9.81. The highest BCUT2D eigenvalue weighted by molar-refractivity contribution is 5.85. The zero-order chi connectivity index (χ0) is 10.4. The van der Waals surface area contributed by atoms with Gasteiger partial charge in [-0.2, -0.15) is 5.26 Å². The van der Waals surface area contributed by atoms with Crippen LogP contribution in [0.1, 0.15) is 26.2 Å². The van der Waals surface area contributed by atoms with Crippen molar-refractivity contribution in [3.8, 4) is 6.07 Å². The van der Waals surface area contributed by atoms with Gasteiger partial charge in [-0.15, -0.1) is 0 Å². The van der Waals surface area contributed by atoms with Crippen LogP contribution < -0.4 is 5.32 Å². The summed E-state index contributed by atoms with van der Waals surface area (Å²) in [6, 6.07) is 2.13. The highest BCUT2D eigenvalue weighted by atomic mass is 16.5. The van der Waals surface area contributed by atoms with Crippen molar-refractivity contribution in [1.29, 1.82) is 5.26 Å². The molecule has 1 heterocycles. The fourth-order valence-electron chi connectivity index (χ4n) is 1.52. The predicted octanol–water partition coefficient (Wildman–Crippen LogP) is 0.833. The van der Waals surface area contributed by atoms with Crippen LogP contribution >= 0.6 is 0 Å². The smallest absolute Gasteiger partial charge is 0.240 e. The normalized spacial score (nSPS) is 19.7. The monoisotopic (exact) mass is 196 g/mol. The van der Waals surface area contributed by atoms with Gasteiger partial charge in [-0.3, -0.25) is 4.79 Å². The highest BCUT2D eigenvalue weighted by Gasteiger charge is 2.40. The molecule has 0 radical (unpaired) electrons. The van der Waals surface area contributed by atoms with Crippen molar-refractivity contribution < 1.29 is 9.53 Å². The molecule has 0 aromatic rings. The average Bonchev–Trinajstić information content (AvgIpc) is 2.26. The van der Waals surface area contributed by atoms with Crippen LogP contribution in [0.2, 0.25) is 0 Å². The molecule has 0 aromatic carbocycles. The summed E-state index contributed by atoms with van der Waals surface area (Å²) in [5.41, 5.74) is -0.840. The van der Waals surface area contributed by atoms with Crippen molar-refractivity contribution in [3.63, 3.8) is 0 Å². The van der Waals surface area contributed by atoms with Crippen LogP contribution in [-0.2, 0) is 9.53 Å². The zero-order valence-corrected chi connectivity index (χ0v) is 8.51. The van der Waals surface area contributed by atoms with E-state index >= 15 is 0 Å². The SMILES string of the molecule is CCCNC(=O)C1(C#N)CCOCC1. The summed E-state index contributed by atoms with van der Waals surface area (Å²) in [6.07, 6.45) is 1.92. The predicted molar refractivity (Wildman–Crippen MR) is 51.4 cm³/mol. The number of nitrogens with one attached hydrogen (secondary N) is 1. The standard InChI is InChI=1S/C10H16N2O2/c1-2-5-12-9(13)10(8-11)3-6-14-7-4-10/h2-7H2,1H3,(H,12,13). The minimum absolute atomic E-state index is 0.134. The van der Waals surface area contributed by atoms with E-state index in [1.54, 1.807) is 0 Å². The molecule has 4 nitrogen and oxygen atoms in total. The number of hydrogen-bond acceptors (Lipinski definition) is 3. The first kappa shape index (κ1) is 11.0. The van der Waals surface area contributed by atoms with E-state index in [-0.39, 0.29) is 5.91 Å². The third-order valence-corrected chi connectivity index (χ3v) is 2.53. The lowest BCUT2D eigenvalue weighted by Crippen LogP contribution is -2.43. The zero-order valence-electron chi connectivity index (χ0n) is 8.51. The Kier molecular flexibility index (Phi) is 3.90. The van der Waals surface area contributed by atoms with E-state index in [1.165, 1.54) is 0 Å². The molecule has 78 valence electrons. The van der Waals surface area contributed by atoms with Crippen molar-refractivity contribution in [2.24, 2.45) is 5.41 Å². The van der Waals surface area contributed by atoms with Gasteiger partial charge in [-0.1, -0.05) is 6.92 Å². The second-order valence-corrected chi connectivity index (χ2v) is 3.56. The number of nitrogens with zero attached hydrogens (tertiary/aromatic N) is 1. The Balaban J connectivity index is 2.59. The summed E-state index contributed by atoms with van der Waals surface area (Å²) in [4.78, 5) is 11.7. The van der Waals surface area contributed by atoms with Crippen LogP contribution in [0.25, 0.3) is 0 Å². The second-order valence-electron chi connectivity index (χ2n) is 3.56. The molecule has 14 heavy (non-hydrogen) atoms. The van der Waals surface area contributed by atoms with Crippen LogP contribution in [0.3, 0.4) is 0 Å². The van der Waals surface area contributed by atoms with Crippen molar-refractivity contribution in [2.45, 2.75) is 26.2 Å². The van der Waals surface area contributed by atoms with Crippen LogP contribution in [0.5, 0.6) is 0 Å². The summed E-state index contributed by atoms with van der Waals surface area (Å²) in [5, 5.41) is 11.8. The largest absolute Gasteiger partial charge is 0.381 e. The van der Waals surface area contributed by atoms with Crippen molar-refractivity contribution >= 4 is 5.91 Å². The molecule has 1 rings (SSSR count). The van der Waals surface area contributed by atoms with Gasteiger partial charge in [0.15, 0.2) is 0 Å². The first-order valence-corrected chi connectivity index (χ1v) is 5.02. The van der Waals surface area contributed by atoms with E-state index in [4.69, 9.17) is 10.00 Å². The number of ether oxygens (including phenoxy) is 1. The lowest BCUT2D eigenvalue weighted by molar-refractivity contribution is -0.132. The molecule has 1 N–H and O–H groups in total. The minimum atomic E-state index is -0.840. The topological polar surface area (TPSA) is 62.1 Å². The van der Waals surface area contributed by atoms with E-state index in [2.05, 4.69) is 11.4 Å². The maximum Gasteiger partial charge on any atom is 0.240 e. The molecule has 0 aromatic heterocycles. The lowest BCUT2D eigenvalue weighted by Gasteiger charge is -2.29. The summed E-state index contributed by atoms with van der Waals surface area (Å²) in [6.45, 7) is 3.65. The van der Waals surface area contributed by atoms with Crippen molar-refractivity contribution in [2.75, 3.05) is 19.8 Å². The third-order valence-electron chi connectivity index (χ3n) is 2.53. The number of rotatable bonds is 3. The van der Waals surface area contributed by atoms with Crippen LogP contribution in [0.4, 0.5) is 0 Å². The van der Waals surface area contributed by atoms with E-state index in [9.17, 15) is 4.79 Å². The molecule has 1 amide bonds. The molecule has 0 atom stereocenters. The second kappa shape index (κ2) is 4.97. The van der Waals surface area contributed by atoms with Crippen molar-refractivity contribution in [3.05, 3.63) is 0 Å². The Morgan fingerprint density at radius 3 is 2.71 bits per heavy atom. The van der Waals surface area contributed by atoms with Crippen LogP contribution in [0, 0.1) is 16.7 Å². The van der Waals surface area contributed by atoms with Gasteiger partial charge in [-0.05, 0) is 19.3 Å². The fraction of sp³-hybridized carbons (Fsp3) is 0.800. The molecule has 0 spiro atoms. The van der Waals surface area contributed by atoms with Gasteiger partial charge < -0.3 is 10.1 Å². The van der Waals surface area contributed by atoms with E-state index < -0.39 is 5.41 Å². The molecule has 1 aliphatic heterocycles. The number of carbonyl (C=O) groups is 1. The molecule has 1 aliphatic rings. The van der Waals surface area contributed by atoms with Gasteiger partial charge in [0.1, 0.15) is 5.41 Å². The summed E-state index contributed by atoms with van der Waals surface area (Å²) >= 11 is 0. The first-order chi connectivity index (χ1) is 6.75. The quantitative estimate of drug-likeness (QED) is 0.727. The number of hydrogen-bond donors (Lipinski definition) is 1. The first-order valence-electron chi connectivity index (χ1n) is 5.02. The maximum atomic E-state index is 11.7. The third kappa shape index (κ3) is 2.24. The van der Waals surface area contributed by atoms with Crippen molar-refractivity contribution in [1.82, 2.24) is 5.32 Å². The van der Waals surface area contributed by atoms with Crippen LogP contribution in [-0.4, -0.2) is 25.7 Å². The van der Waals surface area contributed by atoms with Gasteiger partial charge in [-0.25, -0.2) is 0 Å². The molecule has 1 fully saturated rings. The fourth-order valence-corrected chi connectivity index (χ4v) is 1.52. The van der Waals surface area contributed by atoms with Gasteiger partial charge in [0, 0.05) is 19.8 Å². The number of nitriles is 1. The molecular weight excluding hydrogens is 180 g/mol. The van der Waals surface area contributed by atoms with E-state index in [0.717, 1.165) is 6.42 Å². The van der Waals surface area contributed by atoms with Gasteiger partial charge in [0.2, 0.25) is 5.91 Å². The van der Waals surface area contributed by atoms with E-state index in [1.807, 2.05) is 6.92 Å². The summed E-state index contributed by atoms with van der Waals surface area (Å²) in [7, 11) is 0. The Morgan fingerprint density at radius 2 is 2.21 bits per heavy atom. The highest BCUT2D eigenvalue weighted by Crippen LogP contribution is 2.29. The average molecular weight is 196 g/mol. The Morgan fingerprint density at radius 1 is 1.57 bits per heavy atom. The van der Waals surface area contributed by atoms with Gasteiger partial charge in [0.25, 0.3) is 0 Å². The summed E-state index contributed by atoms with van der Waals surface area (Å²) in [5.74, 6) is -0.134. The Labute approximate surface area is 84.2 Å². The molecule has 4 heteroatoms. The molecule has 0 unspecified atom stereocenters. The van der Waals surface area contributed by atoms with Gasteiger partial charge in [0.05, 0.1) is 6.07 Å². The van der Waals surface area contributed by atoms with Gasteiger partial charge >= 0.3 is 0 Å². The molecule has 0 saturated carbocycles. The summed E-state index contributed by atoms with van der Waals surface area (Å²) < 4.78 is 5.15. The van der Waals surface area contributed by atoms with E-state index in [0.29, 0.717) is 32.6 Å². The molecule has 0 aliphatic carbocycles. The Hall–Kier alpha value is -1.08. The molecular formula is C10H16N2O2. The Bertz CT molecular complexity index is 239.